The lowest BCUT2D eigenvalue weighted by atomic mass is 10.1. The van der Waals surface area contributed by atoms with E-state index >= 15 is 0 Å². The van der Waals surface area contributed by atoms with E-state index in [1.807, 2.05) is 0 Å². The smallest absolute Gasteiger partial charge is 0.186 e. The van der Waals surface area contributed by atoms with E-state index in [2.05, 4.69) is 23.7 Å². The van der Waals surface area contributed by atoms with Crippen molar-refractivity contribution in [3.05, 3.63) is 10.6 Å². The van der Waals surface area contributed by atoms with E-state index in [1.54, 1.807) is 11.3 Å². The highest BCUT2D eigenvalue weighted by molar-refractivity contribution is 7.15. The lowest BCUT2D eigenvalue weighted by Crippen LogP contribution is -2.32. The fourth-order valence-corrected chi connectivity index (χ4v) is 3.35. The zero-order valence-electron chi connectivity index (χ0n) is 10.2. The van der Waals surface area contributed by atoms with Crippen LogP contribution in [0.4, 0.5) is 5.13 Å². The summed E-state index contributed by atoms with van der Waals surface area (Å²) in [5.74, 6) is 0. The molecule has 2 heterocycles. The molecule has 1 aromatic heterocycles. The second kappa shape index (κ2) is 5.15. The van der Waals surface area contributed by atoms with Gasteiger partial charge in [0, 0.05) is 24.0 Å². The van der Waals surface area contributed by atoms with Crippen LogP contribution in [0, 0.1) is 6.92 Å². The van der Waals surface area contributed by atoms with Gasteiger partial charge in [-0.1, -0.05) is 12.8 Å². The van der Waals surface area contributed by atoms with Crippen molar-refractivity contribution in [1.29, 1.82) is 0 Å². The first-order valence-corrected chi connectivity index (χ1v) is 6.97. The molecule has 1 aliphatic rings. The quantitative estimate of drug-likeness (QED) is 0.863. The molecule has 2 rings (SSSR count). The summed E-state index contributed by atoms with van der Waals surface area (Å²) in [6.45, 7) is 6.14. The minimum Gasteiger partial charge on any atom is -0.345 e. The van der Waals surface area contributed by atoms with Gasteiger partial charge in [0.15, 0.2) is 5.13 Å². The first-order valence-electron chi connectivity index (χ1n) is 6.15. The van der Waals surface area contributed by atoms with Crippen molar-refractivity contribution in [3.63, 3.8) is 0 Å². The predicted octanol–water partition coefficient (Wildman–Crippen LogP) is 2.68. The zero-order chi connectivity index (χ0) is 11.5. The summed E-state index contributed by atoms with van der Waals surface area (Å²) < 4.78 is 0. The number of hydrogen-bond donors (Lipinski definition) is 1. The van der Waals surface area contributed by atoms with Crippen molar-refractivity contribution in [2.75, 3.05) is 11.4 Å². The van der Waals surface area contributed by atoms with E-state index in [-0.39, 0.29) is 0 Å². The average molecular weight is 239 g/mol. The van der Waals surface area contributed by atoms with Crippen LogP contribution in [0.25, 0.3) is 0 Å². The van der Waals surface area contributed by atoms with Gasteiger partial charge in [-0.2, -0.15) is 0 Å². The number of nitrogens with two attached hydrogens (primary N) is 1. The molecule has 1 aliphatic heterocycles. The van der Waals surface area contributed by atoms with Crippen molar-refractivity contribution in [1.82, 2.24) is 4.98 Å². The highest BCUT2D eigenvalue weighted by atomic mass is 32.1. The maximum absolute atomic E-state index is 5.71. The number of aryl methyl sites for hydroxylation is 1. The summed E-state index contributed by atoms with van der Waals surface area (Å²) in [7, 11) is 0. The van der Waals surface area contributed by atoms with E-state index in [1.165, 1.54) is 35.7 Å². The summed E-state index contributed by atoms with van der Waals surface area (Å²) in [5, 5.41) is 1.17. The Hall–Kier alpha value is -0.610. The van der Waals surface area contributed by atoms with Crippen LogP contribution in [-0.2, 0) is 6.54 Å². The normalized spacial score (nSPS) is 22.2. The molecule has 16 heavy (non-hydrogen) atoms. The molecule has 0 spiro atoms. The topological polar surface area (TPSA) is 42.2 Å². The van der Waals surface area contributed by atoms with Crippen LogP contribution in [0.2, 0.25) is 0 Å². The molecular formula is C12H21N3S. The minimum absolute atomic E-state index is 0.617. The standard InChI is InChI=1S/C12H21N3S/c1-9-6-4-3-5-7-15(9)12-14-10(2)11(8-13)16-12/h9H,3-8,13H2,1-2H3. The number of nitrogens with zero attached hydrogens (tertiary/aromatic N) is 2. The molecule has 2 N–H and O–H groups in total. The van der Waals surface area contributed by atoms with Gasteiger partial charge < -0.3 is 10.6 Å². The second-order valence-corrected chi connectivity index (χ2v) is 5.66. The molecule has 1 unspecified atom stereocenters. The van der Waals surface area contributed by atoms with E-state index in [0.717, 1.165) is 12.2 Å². The Morgan fingerprint density at radius 2 is 2.25 bits per heavy atom. The van der Waals surface area contributed by atoms with Gasteiger partial charge in [0.05, 0.1) is 5.69 Å². The van der Waals surface area contributed by atoms with E-state index in [0.29, 0.717) is 12.6 Å². The molecule has 0 aromatic carbocycles. The predicted molar refractivity (Wildman–Crippen MR) is 70.0 cm³/mol. The highest BCUT2D eigenvalue weighted by Crippen LogP contribution is 2.30. The molecule has 4 heteroatoms. The first kappa shape index (κ1) is 11.9. The van der Waals surface area contributed by atoms with Crippen molar-refractivity contribution >= 4 is 16.5 Å². The van der Waals surface area contributed by atoms with Crippen LogP contribution in [0.1, 0.15) is 43.2 Å². The Morgan fingerprint density at radius 3 is 2.94 bits per heavy atom. The maximum atomic E-state index is 5.71. The molecule has 1 saturated heterocycles. The summed E-state index contributed by atoms with van der Waals surface area (Å²) in [6.07, 6.45) is 5.29. The molecule has 0 saturated carbocycles. The van der Waals surface area contributed by atoms with Crippen LogP contribution in [0.3, 0.4) is 0 Å². The number of anilines is 1. The molecule has 0 radical (unpaired) electrons. The summed E-state index contributed by atoms with van der Waals surface area (Å²) in [6, 6.07) is 0.624. The van der Waals surface area contributed by atoms with Crippen molar-refractivity contribution < 1.29 is 0 Å². The Kier molecular flexibility index (Phi) is 3.82. The highest BCUT2D eigenvalue weighted by Gasteiger charge is 2.20. The Labute approximate surface area is 102 Å². The fraction of sp³-hybridized carbons (Fsp3) is 0.750. The molecule has 0 amide bonds. The van der Waals surface area contributed by atoms with Crippen LogP contribution in [-0.4, -0.2) is 17.6 Å². The van der Waals surface area contributed by atoms with Gasteiger partial charge in [-0.15, -0.1) is 11.3 Å². The van der Waals surface area contributed by atoms with E-state index in [9.17, 15) is 0 Å². The Balaban J connectivity index is 2.20. The third-order valence-electron chi connectivity index (χ3n) is 3.37. The molecular weight excluding hydrogens is 218 g/mol. The Bertz CT molecular complexity index is 348. The third kappa shape index (κ3) is 2.38. The van der Waals surface area contributed by atoms with Crippen molar-refractivity contribution in [3.8, 4) is 0 Å². The second-order valence-electron chi connectivity index (χ2n) is 4.60. The monoisotopic (exact) mass is 239 g/mol. The largest absolute Gasteiger partial charge is 0.345 e. The SMILES string of the molecule is Cc1nc(N2CCCCCC2C)sc1CN. The van der Waals surface area contributed by atoms with Gasteiger partial charge in [0.2, 0.25) is 0 Å². The Morgan fingerprint density at radius 1 is 1.44 bits per heavy atom. The molecule has 3 nitrogen and oxygen atoms in total. The van der Waals surface area contributed by atoms with Gasteiger partial charge in [-0.3, -0.25) is 0 Å². The number of rotatable bonds is 2. The van der Waals surface area contributed by atoms with E-state index in [4.69, 9.17) is 5.73 Å². The van der Waals surface area contributed by atoms with Crippen LogP contribution in [0.5, 0.6) is 0 Å². The van der Waals surface area contributed by atoms with Crippen molar-refractivity contribution in [2.24, 2.45) is 5.73 Å². The molecule has 1 aromatic rings. The third-order valence-corrected chi connectivity index (χ3v) is 4.58. The molecule has 0 aliphatic carbocycles. The summed E-state index contributed by atoms with van der Waals surface area (Å²) in [5.41, 5.74) is 6.82. The van der Waals surface area contributed by atoms with Crippen molar-refractivity contribution in [2.45, 2.75) is 52.1 Å². The zero-order valence-corrected chi connectivity index (χ0v) is 11.0. The number of hydrogen-bond acceptors (Lipinski definition) is 4. The van der Waals surface area contributed by atoms with Gasteiger partial charge in [0.1, 0.15) is 0 Å². The number of thiazole rings is 1. The lowest BCUT2D eigenvalue weighted by Gasteiger charge is -2.26. The van der Waals surface area contributed by atoms with E-state index < -0.39 is 0 Å². The van der Waals surface area contributed by atoms with Crippen LogP contribution < -0.4 is 10.6 Å². The van der Waals surface area contributed by atoms with Gasteiger partial charge in [-0.05, 0) is 26.7 Å². The van der Waals surface area contributed by atoms with Crippen LogP contribution >= 0.6 is 11.3 Å². The average Bonchev–Trinajstić information content (AvgIpc) is 2.50. The molecule has 90 valence electrons. The summed E-state index contributed by atoms with van der Waals surface area (Å²) >= 11 is 1.77. The van der Waals surface area contributed by atoms with Crippen LogP contribution in [0.15, 0.2) is 0 Å². The minimum atomic E-state index is 0.617. The fourth-order valence-electron chi connectivity index (χ4n) is 2.28. The number of aromatic nitrogens is 1. The lowest BCUT2D eigenvalue weighted by molar-refractivity contribution is 0.615. The molecule has 1 atom stereocenters. The van der Waals surface area contributed by atoms with Gasteiger partial charge in [0.25, 0.3) is 0 Å². The molecule has 1 fully saturated rings. The molecule has 0 bridgehead atoms. The van der Waals surface area contributed by atoms with Gasteiger partial charge >= 0.3 is 0 Å². The maximum Gasteiger partial charge on any atom is 0.186 e. The first-order chi connectivity index (χ1) is 7.72. The van der Waals surface area contributed by atoms with Gasteiger partial charge in [-0.25, -0.2) is 4.98 Å². The summed E-state index contributed by atoms with van der Waals surface area (Å²) in [4.78, 5) is 8.35.